The Hall–Kier alpha value is -3.05. The minimum atomic E-state index is -3.71. The van der Waals surface area contributed by atoms with Crippen molar-refractivity contribution in [3.8, 4) is 0 Å². The SMILES string of the molecule is CCNS(=O)(=O)c1cc(C(=O)N2CCC(CCN3[C@@H]4CC[C@H]3CC(n3c(C)nc5ccccc53)C4)(c3ccccc3)CC2)ccc1Br. The fourth-order valence-corrected chi connectivity index (χ4v) is 10.7. The topological polar surface area (TPSA) is 87.5 Å². The number of likely N-dealkylation sites (tertiary alicyclic amines) is 1. The maximum absolute atomic E-state index is 13.7. The molecule has 3 fully saturated rings. The van der Waals surface area contributed by atoms with Crippen LogP contribution in [0, 0.1) is 6.92 Å². The molecule has 0 aliphatic carbocycles. The zero-order valence-electron chi connectivity index (χ0n) is 27.2. The number of hydrogen-bond acceptors (Lipinski definition) is 5. The number of imidazole rings is 1. The molecule has 3 saturated heterocycles. The smallest absolute Gasteiger partial charge is 0.253 e. The number of hydrogen-bond donors (Lipinski definition) is 1. The van der Waals surface area contributed by atoms with Gasteiger partial charge in [-0.2, -0.15) is 0 Å². The van der Waals surface area contributed by atoms with Gasteiger partial charge in [-0.3, -0.25) is 9.69 Å². The average Bonchev–Trinajstić information content (AvgIpc) is 3.54. The van der Waals surface area contributed by atoms with E-state index in [9.17, 15) is 13.2 Å². The van der Waals surface area contributed by atoms with Crippen LogP contribution in [-0.4, -0.2) is 71.9 Å². The summed E-state index contributed by atoms with van der Waals surface area (Å²) in [5, 5.41) is 0. The highest BCUT2D eigenvalue weighted by Gasteiger charge is 2.44. The lowest BCUT2D eigenvalue weighted by atomic mass is 9.70. The Balaban J connectivity index is 1.06. The van der Waals surface area contributed by atoms with Crippen molar-refractivity contribution in [3.63, 3.8) is 0 Å². The number of halogens is 1. The van der Waals surface area contributed by atoms with Gasteiger partial charge in [0.05, 0.1) is 15.9 Å². The molecule has 1 N–H and O–H groups in total. The summed E-state index contributed by atoms with van der Waals surface area (Å²) >= 11 is 3.36. The lowest BCUT2D eigenvalue weighted by Crippen LogP contribution is -2.49. The Labute approximate surface area is 286 Å². The zero-order valence-corrected chi connectivity index (χ0v) is 29.6. The van der Waals surface area contributed by atoms with Gasteiger partial charge in [-0.25, -0.2) is 18.1 Å². The molecule has 2 bridgehead atoms. The van der Waals surface area contributed by atoms with Crippen LogP contribution in [0.4, 0.5) is 0 Å². The number of rotatable bonds is 9. The molecule has 3 atom stereocenters. The molecule has 4 heterocycles. The number of nitrogens with zero attached hydrogens (tertiary/aromatic N) is 4. The van der Waals surface area contributed by atoms with Gasteiger partial charge in [0.15, 0.2) is 0 Å². The first-order valence-electron chi connectivity index (χ1n) is 17.0. The summed E-state index contributed by atoms with van der Waals surface area (Å²) in [6, 6.07) is 25.9. The summed E-state index contributed by atoms with van der Waals surface area (Å²) in [5.74, 6) is 1.00. The second-order valence-electron chi connectivity index (χ2n) is 13.6. The fourth-order valence-electron chi connectivity index (χ4n) is 8.70. The van der Waals surface area contributed by atoms with Gasteiger partial charge < -0.3 is 9.47 Å². The molecule has 8 nitrogen and oxygen atoms in total. The molecule has 1 amide bonds. The van der Waals surface area contributed by atoms with E-state index < -0.39 is 10.0 Å². The highest BCUT2D eigenvalue weighted by atomic mass is 79.9. The van der Waals surface area contributed by atoms with Crippen LogP contribution in [0.2, 0.25) is 0 Å². The van der Waals surface area contributed by atoms with Crippen molar-refractivity contribution in [2.45, 2.75) is 87.2 Å². The van der Waals surface area contributed by atoms with Crippen LogP contribution in [-0.2, 0) is 15.4 Å². The molecule has 1 unspecified atom stereocenters. The molecule has 0 spiro atoms. The number of amides is 1. The minimum absolute atomic E-state index is 0.00920. The van der Waals surface area contributed by atoms with Gasteiger partial charge >= 0.3 is 0 Å². The third kappa shape index (κ3) is 6.18. The number of sulfonamides is 1. The zero-order chi connectivity index (χ0) is 32.8. The monoisotopic (exact) mass is 717 g/mol. The first kappa shape index (κ1) is 32.5. The van der Waals surface area contributed by atoms with E-state index in [1.54, 1.807) is 19.1 Å². The van der Waals surface area contributed by atoms with Gasteiger partial charge in [-0.05, 0) is 116 Å². The molecule has 1 aromatic heterocycles. The van der Waals surface area contributed by atoms with E-state index in [0.717, 1.165) is 50.0 Å². The number of carbonyl (C=O) groups excluding carboxylic acids is 1. The van der Waals surface area contributed by atoms with Crippen molar-refractivity contribution in [1.82, 2.24) is 24.1 Å². The van der Waals surface area contributed by atoms with Crippen LogP contribution in [0.3, 0.4) is 0 Å². The third-order valence-corrected chi connectivity index (χ3v) is 13.6. The minimum Gasteiger partial charge on any atom is -0.339 e. The normalized spacial score (nSPS) is 23.0. The highest BCUT2D eigenvalue weighted by molar-refractivity contribution is 9.10. The lowest BCUT2D eigenvalue weighted by Gasteiger charge is -2.45. The van der Waals surface area contributed by atoms with Crippen molar-refractivity contribution in [2.75, 3.05) is 26.2 Å². The number of aromatic nitrogens is 2. The standard InChI is InChI=1S/C37H44BrN5O3S/c1-3-39-47(45,46)35-23-27(13-16-32(35)38)36(44)41-20-17-37(18-21-41,28-9-5-4-6-10-28)19-22-42-29-14-15-30(42)25-31(24-29)43-26(2)40-33-11-7-8-12-34(33)43/h4-13,16,23,29-31,39H,3,14-15,17-22,24-25H2,1-2H3/t29-,30+,31?. The number of piperidine rings is 2. The van der Waals surface area contributed by atoms with Gasteiger partial charge in [-0.1, -0.05) is 49.4 Å². The molecular weight excluding hydrogens is 674 g/mol. The fraction of sp³-hybridized carbons (Fsp3) is 0.459. The molecular formula is C37H44BrN5O3S. The number of nitrogens with one attached hydrogen (secondary N) is 1. The number of aryl methyl sites for hydroxylation is 1. The number of carbonyl (C=O) groups is 1. The predicted molar refractivity (Wildman–Crippen MR) is 189 cm³/mol. The van der Waals surface area contributed by atoms with Crippen LogP contribution in [0.15, 0.2) is 82.2 Å². The summed E-state index contributed by atoms with van der Waals surface area (Å²) in [6.07, 6.45) is 7.67. The molecule has 3 aliphatic heterocycles. The Bertz CT molecular complexity index is 1860. The molecule has 0 saturated carbocycles. The third-order valence-electron chi connectivity index (χ3n) is 11.0. The van der Waals surface area contributed by atoms with Gasteiger partial charge in [0.25, 0.3) is 5.91 Å². The molecule has 3 aromatic carbocycles. The quantitative estimate of drug-likeness (QED) is 0.205. The molecule has 10 heteroatoms. The Morgan fingerprint density at radius 2 is 1.64 bits per heavy atom. The molecule has 0 radical (unpaired) electrons. The lowest BCUT2D eigenvalue weighted by molar-refractivity contribution is 0.0606. The summed E-state index contributed by atoms with van der Waals surface area (Å²) in [7, 11) is -3.71. The van der Waals surface area contributed by atoms with Gasteiger partial charge in [0, 0.05) is 47.8 Å². The number of benzene rings is 3. The summed E-state index contributed by atoms with van der Waals surface area (Å²) in [5.41, 5.74) is 4.10. The molecule has 3 aliphatic rings. The van der Waals surface area contributed by atoms with Crippen LogP contribution in [0.1, 0.15) is 79.7 Å². The first-order chi connectivity index (χ1) is 22.7. The van der Waals surface area contributed by atoms with Crippen molar-refractivity contribution in [1.29, 1.82) is 0 Å². The summed E-state index contributed by atoms with van der Waals surface area (Å²) in [6.45, 7) is 6.51. The van der Waals surface area contributed by atoms with Gasteiger partial charge in [-0.15, -0.1) is 0 Å². The number of fused-ring (bicyclic) bond motifs is 3. The van der Waals surface area contributed by atoms with E-state index >= 15 is 0 Å². The molecule has 47 heavy (non-hydrogen) atoms. The molecule has 7 rings (SSSR count). The Kier molecular flexibility index (Phi) is 9.06. The van der Waals surface area contributed by atoms with E-state index in [4.69, 9.17) is 4.98 Å². The Morgan fingerprint density at radius 1 is 0.957 bits per heavy atom. The van der Waals surface area contributed by atoms with Crippen molar-refractivity contribution < 1.29 is 13.2 Å². The maximum atomic E-state index is 13.7. The van der Waals surface area contributed by atoms with Crippen LogP contribution in [0.25, 0.3) is 11.0 Å². The first-order valence-corrected chi connectivity index (χ1v) is 19.3. The second kappa shape index (κ2) is 13.1. The van der Waals surface area contributed by atoms with Crippen molar-refractivity contribution in [3.05, 3.63) is 94.2 Å². The van der Waals surface area contributed by atoms with E-state index in [-0.39, 0.29) is 22.8 Å². The van der Waals surface area contributed by atoms with Crippen LogP contribution < -0.4 is 4.72 Å². The highest BCUT2D eigenvalue weighted by Crippen LogP contribution is 2.45. The largest absolute Gasteiger partial charge is 0.339 e. The van der Waals surface area contributed by atoms with Crippen molar-refractivity contribution >= 4 is 42.9 Å². The van der Waals surface area contributed by atoms with E-state index in [0.29, 0.717) is 41.3 Å². The predicted octanol–water partition coefficient (Wildman–Crippen LogP) is 6.84. The molecule has 248 valence electrons. The van der Waals surface area contributed by atoms with Crippen molar-refractivity contribution in [2.24, 2.45) is 0 Å². The number of para-hydroxylation sites is 2. The average molecular weight is 719 g/mol. The van der Waals surface area contributed by atoms with Gasteiger partial charge in [0.1, 0.15) is 5.82 Å². The summed E-state index contributed by atoms with van der Waals surface area (Å²) < 4.78 is 31.0. The van der Waals surface area contributed by atoms with Crippen LogP contribution >= 0.6 is 15.9 Å². The summed E-state index contributed by atoms with van der Waals surface area (Å²) in [4.78, 5) is 23.4. The Morgan fingerprint density at radius 3 is 2.34 bits per heavy atom. The van der Waals surface area contributed by atoms with Crippen LogP contribution in [0.5, 0.6) is 0 Å². The van der Waals surface area contributed by atoms with Gasteiger partial charge in [0.2, 0.25) is 10.0 Å². The van der Waals surface area contributed by atoms with E-state index in [1.165, 1.54) is 30.0 Å². The second-order valence-corrected chi connectivity index (χ2v) is 16.2. The molecule has 4 aromatic rings. The van der Waals surface area contributed by atoms with E-state index in [1.807, 2.05) is 4.90 Å². The van der Waals surface area contributed by atoms with E-state index in [2.05, 4.69) is 91.6 Å². The maximum Gasteiger partial charge on any atom is 0.253 e.